The number of aromatic nitrogens is 3. The highest BCUT2D eigenvalue weighted by molar-refractivity contribution is 7.99. The SMILES string of the molecule is Cc1nc(Sc2ncc(C(F)(F)F)cc2Cl)n(CCC(=O)O)c1C. The molecule has 0 atom stereocenters. The summed E-state index contributed by atoms with van der Waals surface area (Å²) in [6.45, 7) is 3.75. The minimum absolute atomic E-state index is 0.0988. The second-order valence-electron chi connectivity index (χ2n) is 4.97. The molecule has 0 unspecified atom stereocenters. The third kappa shape index (κ3) is 4.21. The minimum Gasteiger partial charge on any atom is -0.481 e. The van der Waals surface area contributed by atoms with Gasteiger partial charge in [-0.15, -0.1) is 0 Å². The number of carboxylic acid groups (broad SMARTS) is 1. The molecule has 5 nitrogen and oxygen atoms in total. The van der Waals surface area contributed by atoms with Crippen molar-refractivity contribution >= 4 is 29.3 Å². The first-order valence-corrected chi connectivity index (χ1v) is 7.95. The maximum atomic E-state index is 12.6. The Hall–Kier alpha value is -1.74. The third-order valence-corrected chi connectivity index (χ3v) is 4.71. The zero-order valence-corrected chi connectivity index (χ0v) is 14.3. The summed E-state index contributed by atoms with van der Waals surface area (Å²) in [5.41, 5.74) is 0.547. The van der Waals surface area contributed by atoms with Gasteiger partial charge in [-0.3, -0.25) is 4.79 Å². The van der Waals surface area contributed by atoms with E-state index < -0.39 is 17.7 Å². The van der Waals surface area contributed by atoms with Crippen molar-refractivity contribution in [3.63, 3.8) is 0 Å². The number of nitrogens with zero attached hydrogens (tertiary/aromatic N) is 3. The van der Waals surface area contributed by atoms with Crippen LogP contribution in [-0.4, -0.2) is 25.6 Å². The lowest BCUT2D eigenvalue weighted by Crippen LogP contribution is -2.08. The molecule has 0 saturated heterocycles. The molecule has 2 heterocycles. The summed E-state index contributed by atoms with van der Waals surface area (Å²) in [5.74, 6) is -0.956. The number of aryl methyl sites for hydroxylation is 1. The molecule has 0 aromatic carbocycles. The lowest BCUT2D eigenvalue weighted by atomic mass is 10.3. The number of aliphatic carboxylic acids is 1. The van der Waals surface area contributed by atoms with E-state index in [-0.39, 0.29) is 23.0 Å². The molecular weight excluding hydrogens is 367 g/mol. The van der Waals surface area contributed by atoms with Crippen LogP contribution in [0, 0.1) is 13.8 Å². The van der Waals surface area contributed by atoms with Crippen LogP contribution in [0.2, 0.25) is 5.02 Å². The van der Waals surface area contributed by atoms with Crippen molar-refractivity contribution in [3.8, 4) is 0 Å². The first kappa shape index (κ1) is 18.6. The second kappa shape index (κ2) is 7.02. The standard InChI is InChI=1S/C14H13ClF3N3O2S/c1-7-8(2)21(4-3-11(22)23)13(20-7)24-12-10(15)5-9(6-19-12)14(16,17)18/h5-6H,3-4H2,1-2H3,(H,22,23). The predicted octanol–water partition coefficient (Wildman–Crippen LogP) is 4.19. The number of hydrogen-bond donors (Lipinski definition) is 1. The van der Waals surface area contributed by atoms with Gasteiger partial charge in [0.1, 0.15) is 5.03 Å². The van der Waals surface area contributed by atoms with Crippen LogP contribution >= 0.6 is 23.4 Å². The largest absolute Gasteiger partial charge is 0.481 e. The molecule has 0 amide bonds. The van der Waals surface area contributed by atoms with E-state index in [1.54, 1.807) is 18.4 Å². The molecule has 10 heteroatoms. The van der Waals surface area contributed by atoms with Crippen LogP contribution in [0.15, 0.2) is 22.4 Å². The number of imidazole rings is 1. The fourth-order valence-electron chi connectivity index (χ4n) is 1.91. The maximum absolute atomic E-state index is 12.6. The number of carboxylic acids is 1. The fraction of sp³-hybridized carbons (Fsp3) is 0.357. The van der Waals surface area contributed by atoms with Gasteiger partial charge in [-0.1, -0.05) is 11.6 Å². The molecule has 0 aliphatic carbocycles. The molecule has 1 N–H and O–H groups in total. The van der Waals surface area contributed by atoms with Gasteiger partial charge in [0.2, 0.25) is 0 Å². The Morgan fingerprint density at radius 1 is 1.42 bits per heavy atom. The van der Waals surface area contributed by atoms with Crippen LogP contribution in [0.4, 0.5) is 13.2 Å². The molecule has 0 saturated carbocycles. The first-order chi connectivity index (χ1) is 11.1. The summed E-state index contributed by atoms with van der Waals surface area (Å²) in [7, 11) is 0. The Bertz CT molecular complexity index is 777. The van der Waals surface area contributed by atoms with Gasteiger partial charge in [0.25, 0.3) is 0 Å². The van der Waals surface area contributed by atoms with Crippen LogP contribution in [-0.2, 0) is 17.5 Å². The van der Waals surface area contributed by atoms with Crippen molar-refractivity contribution in [2.45, 2.75) is 43.2 Å². The number of carbonyl (C=O) groups is 1. The molecule has 2 aromatic heterocycles. The highest BCUT2D eigenvalue weighted by Gasteiger charge is 2.31. The minimum atomic E-state index is -4.52. The van der Waals surface area contributed by atoms with Crippen molar-refractivity contribution in [1.82, 2.24) is 14.5 Å². The number of pyridine rings is 1. The van der Waals surface area contributed by atoms with E-state index in [2.05, 4.69) is 9.97 Å². The average Bonchev–Trinajstić information content (AvgIpc) is 2.72. The molecule has 2 aromatic rings. The Labute approximate surface area is 144 Å². The van der Waals surface area contributed by atoms with E-state index in [4.69, 9.17) is 16.7 Å². The van der Waals surface area contributed by atoms with Crippen LogP contribution in [0.25, 0.3) is 0 Å². The lowest BCUT2D eigenvalue weighted by molar-refractivity contribution is -0.138. The van der Waals surface area contributed by atoms with Gasteiger partial charge in [-0.2, -0.15) is 13.2 Å². The summed E-state index contributed by atoms with van der Waals surface area (Å²) >= 11 is 6.89. The van der Waals surface area contributed by atoms with Crippen molar-refractivity contribution in [2.75, 3.05) is 0 Å². The lowest BCUT2D eigenvalue weighted by Gasteiger charge is -2.10. The van der Waals surface area contributed by atoms with Crippen LogP contribution in [0.5, 0.6) is 0 Å². The Balaban J connectivity index is 2.31. The highest BCUT2D eigenvalue weighted by Crippen LogP contribution is 2.36. The Morgan fingerprint density at radius 2 is 2.08 bits per heavy atom. The van der Waals surface area contributed by atoms with Crippen LogP contribution < -0.4 is 0 Å². The summed E-state index contributed by atoms with van der Waals surface area (Å²) in [4.78, 5) is 18.8. The monoisotopic (exact) mass is 379 g/mol. The third-order valence-electron chi connectivity index (χ3n) is 3.29. The van der Waals surface area contributed by atoms with E-state index in [1.165, 1.54) is 0 Å². The Morgan fingerprint density at radius 3 is 2.62 bits per heavy atom. The maximum Gasteiger partial charge on any atom is 0.417 e. The van der Waals surface area contributed by atoms with Crippen molar-refractivity contribution < 1.29 is 23.1 Å². The summed E-state index contributed by atoms with van der Waals surface area (Å²) < 4.78 is 39.6. The van der Waals surface area contributed by atoms with Gasteiger partial charge in [-0.05, 0) is 31.7 Å². The quantitative estimate of drug-likeness (QED) is 0.843. The van der Waals surface area contributed by atoms with Crippen LogP contribution in [0.3, 0.4) is 0 Å². The molecule has 0 fully saturated rings. The molecule has 0 radical (unpaired) electrons. The van der Waals surface area contributed by atoms with Crippen molar-refractivity contribution in [3.05, 3.63) is 34.2 Å². The normalized spacial score (nSPS) is 11.8. The molecule has 2 rings (SSSR count). The molecule has 0 aliphatic heterocycles. The molecule has 0 aliphatic rings. The smallest absolute Gasteiger partial charge is 0.417 e. The molecule has 130 valence electrons. The van der Waals surface area contributed by atoms with Crippen LogP contribution in [0.1, 0.15) is 23.4 Å². The molecule has 0 spiro atoms. The topological polar surface area (TPSA) is 68.0 Å². The fourth-order valence-corrected chi connectivity index (χ4v) is 3.15. The van der Waals surface area contributed by atoms with E-state index in [1.807, 2.05) is 0 Å². The Kier molecular flexibility index (Phi) is 5.44. The first-order valence-electron chi connectivity index (χ1n) is 6.75. The van der Waals surface area contributed by atoms with Gasteiger partial charge in [0.15, 0.2) is 5.16 Å². The van der Waals surface area contributed by atoms with Gasteiger partial charge in [0, 0.05) is 18.4 Å². The van der Waals surface area contributed by atoms with Gasteiger partial charge >= 0.3 is 12.1 Å². The van der Waals surface area contributed by atoms with Gasteiger partial charge in [0.05, 0.1) is 22.7 Å². The van der Waals surface area contributed by atoms with E-state index in [0.29, 0.717) is 17.0 Å². The van der Waals surface area contributed by atoms with E-state index in [0.717, 1.165) is 23.5 Å². The average molecular weight is 380 g/mol. The zero-order valence-electron chi connectivity index (χ0n) is 12.7. The van der Waals surface area contributed by atoms with Gasteiger partial charge in [-0.25, -0.2) is 9.97 Å². The summed E-state index contributed by atoms with van der Waals surface area (Å²) in [6, 6.07) is 0.807. The number of halogens is 4. The number of rotatable bonds is 5. The second-order valence-corrected chi connectivity index (χ2v) is 6.33. The molecular formula is C14H13ClF3N3O2S. The van der Waals surface area contributed by atoms with Crippen molar-refractivity contribution in [1.29, 1.82) is 0 Å². The number of hydrogen-bond acceptors (Lipinski definition) is 4. The predicted molar refractivity (Wildman–Crippen MR) is 82.3 cm³/mol. The summed E-state index contributed by atoms with van der Waals surface area (Å²) in [5, 5.41) is 9.29. The molecule has 24 heavy (non-hydrogen) atoms. The summed E-state index contributed by atoms with van der Waals surface area (Å²) in [6.07, 6.45) is -3.91. The zero-order chi connectivity index (χ0) is 18.1. The van der Waals surface area contributed by atoms with Crippen molar-refractivity contribution in [2.24, 2.45) is 0 Å². The molecule has 0 bridgehead atoms. The van der Waals surface area contributed by atoms with Gasteiger partial charge < -0.3 is 9.67 Å². The van der Waals surface area contributed by atoms with E-state index >= 15 is 0 Å². The number of alkyl halides is 3. The van der Waals surface area contributed by atoms with E-state index in [9.17, 15) is 18.0 Å². The highest BCUT2D eigenvalue weighted by atomic mass is 35.5.